The van der Waals surface area contributed by atoms with Crippen LogP contribution in [-0.4, -0.2) is 25.0 Å². The SMILES string of the molecule is CC(C)(CNC(=O)C1CCCCN1)C1CCCC1. The van der Waals surface area contributed by atoms with Gasteiger partial charge in [-0.15, -0.1) is 0 Å². The summed E-state index contributed by atoms with van der Waals surface area (Å²) in [5.74, 6) is 0.998. The number of hydrogen-bond acceptors (Lipinski definition) is 2. The van der Waals surface area contributed by atoms with Gasteiger partial charge in [-0.1, -0.05) is 33.1 Å². The van der Waals surface area contributed by atoms with Gasteiger partial charge in [0, 0.05) is 6.54 Å². The van der Waals surface area contributed by atoms with Crippen LogP contribution in [0.4, 0.5) is 0 Å². The number of rotatable bonds is 4. The molecule has 0 radical (unpaired) electrons. The van der Waals surface area contributed by atoms with E-state index in [0.717, 1.165) is 25.4 Å². The first kappa shape index (κ1) is 13.9. The summed E-state index contributed by atoms with van der Waals surface area (Å²) in [6.07, 6.45) is 8.79. The van der Waals surface area contributed by atoms with E-state index in [1.165, 1.54) is 38.5 Å². The predicted octanol–water partition coefficient (Wildman–Crippen LogP) is 2.46. The highest BCUT2D eigenvalue weighted by atomic mass is 16.2. The standard InChI is InChI=1S/C15H28N2O/c1-15(2,12-7-3-4-8-12)11-17-14(18)13-9-5-6-10-16-13/h12-13,16H,3-11H2,1-2H3,(H,17,18). The maximum atomic E-state index is 12.1. The van der Waals surface area contributed by atoms with Crippen molar-refractivity contribution in [3.05, 3.63) is 0 Å². The van der Waals surface area contributed by atoms with Gasteiger partial charge >= 0.3 is 0 Å². The third kappa shape index (κ3) is 3.47. The van der Waals surface area contributed by atoms with Crippen LogP contribution in [0.3, 0.4) is 0 Å². The van der Waals surface area contributed by atoms with Gasteiger partial charge in [0.1, 0.15) is 0 Å². The maximum Gasteiger partial charge on any atom is 0.237 e. The molecule has 1 atom stereocenters. The highest BCUT2D eigenvalue weighted by Crippen LogP contribution is 2.38. The Labute approximate surface area is 111 Å². The zero-order valence-corrected chi connectivity index (χ0v) is 11.9. The normalized spacial score (nSPS) is 26.2. The van der Waals surface area contributed by atoms with E-state index in [1.54, 1.807) is 0 Å². The third-order valence-corrected chi connectivity index (χ3v) is 4.81. The van der Waals surface area contributed by atoms with Crippen molar-refractivity contribution >= 4 is 5.91 Å². The molecule has 0 aromatic heterocycles. The summed E-state index contributed by atoms with van der Waals surface area (Å²) < 4.78 is 0. The Kier molecular flexibility index (Phi) is 4.66. The Morgan fingerprint density at radius 2 is 1.83 bits per heavy atom. The highest BCUT2D eigenvalue weighted by Gasteiger charge is 2.32. The van der Waals surface area contributed by atoms with Crippen molar-refractivity contribution in [1.29, 1.82) is 0 Å². The summed E-state index contributed by atoms with van der Waals surface area (Å²) in [7, 11) is 0. The zero-order valence-electron chi connectivity index (χ0n) is 11.9. The van der Waals surface area contributed by atoms with Crippen LogP contribution in [0.2, 0.25) is 0 Å². The molecular weight excluding hydrogens is 224 g/mol. The molecule has 3 heteroatoms. The van der Waals surface area contributed by atoms with Crippen molar-refractivity contribution in [2.45, 2.75) is 64.8 Å². The molecule has 0 aromatic carbocycles. The van der Waals surface area contributed by atoms with Crippen molar-refractivity contribution in [2.75, 3.05) is 13.1 Å². The van der Waals surface area contributed by atoms with Crippen molar-refractivity contribution < 1.29 is 4.79 Å². The number of piperidine rings is 1. The molecule has 18 heavy (non-hydrogen) atoms. The first-order valence-corrected chi connectivity index (χ1v) is 7.61. The van der Waals surface area contributed by atoms with Crippen molar-refractivity contribution in [2.24, 2.45) is 11.3 Å². The lowest BCUT2D eigenvalue weighted by Gasteiger charge is -2.33. The lowest BCUT2D eigenvalue weighted by Crippen LogP contribution is -2.49. The number of amides is 1. The van der Waals surface area contributed by atoms with E-state index in [0.29, 0.717) is 0 Å². The van der Waals surface area contributed by atoms with Crippen LogP contribution in [0.5, 0.6) is 0 Å². The maximum absolute atomic E-state index is 12.1. The van der Waals surface area contributed by atoms with E-state index in [1.807, 2.05) is 0 Å². The lowest BCUT2D eigenvalue weighted by molar-refractivity contribution is -0.124. The number of nitrogens with one attached hydrogen (secondary N) is 2. The number of carbonyl (C=O) groups is 1. The molecule has 104 valence electrons. The average molecular weight is 252 g/mol. The van der Waals surface area contributed by atoms with E-state index in [9.17, 15) is 4.79 Å². The topological polar surface area (TPSA) is 41.1 Å². The van der Waals surface area contributed by atoms with Crippen LogP contribution < -0.4 is 10.6 Å². The lowest BCUT2D eigenvalue weighted by atomic mass is 9.77. The summed E-state index contributed by atoms with van der Waals surface area (Å²) in [5, 5.41) is 6.48. The van der Waals surface area contributed by atoms with Crippen LogP contribution >= 0.6 is 0 Å². The fourth-order valence-electron chi connectivity index (χ4n) is 3.37. The monoisotopic (exact) mass is 252 g/mol. The van der Waals surface area contributed by atoms with Gasteiger partial charge < -0.3 is 10.6 Å². The Hall–Kier alpha value is -0.570. The highest BCUT2D eigenvalue weighted by molar-refractivity contribution is 5.81. The molecule has 0 aromatic rings. The first-order valence-electron chi connectivity index (χ1n) is 7.61. The fraction of sp³-hybridized carbons (Fsp3) is 0.933. The number of carbonyl (C=O) groups excluding carboxylic acids is 1. The minimum atomic E-state index is 0.0538. The Bertz CT molecular complexity index is 276. The number of hydrogen-bond donors (Lipinski definition) is 2. The van der Waals surface area contributed by atoms with Crippen LogP contribution in [-0.2, 0) is 4.79 Å². The molecule has 1 aliphatic carbocycles. The summed E-state index contributed by atoms with van der Waals surface area (Å²) in [4.78, 5) is 12.1. The molecule has 1 aliphatic heterocycles. The smallest absolute Gasteiger partial charge is 0.237 e. The summed E-state index contributed by atoms with van der Waals surface area (Å²) >= 11 is 0. The van der Waals surface area contributed by atoms with Gasteiger partial charge in [-0.25, -0.2) is 0 Å². The van der Waals surface area contributed by atoms with Crippen LogP contribution in [0.25, 0.3) is 0 Å². The van der Waals surface area contributed by atoms with E-state index in [2.05, 4.69) is 24.5 Å². The van der Waals surface area contributed by atoms with Gasteiger partial charge in [0.15, 0.2) is 0 Å². The third-order valence-electron chi connectivity index (χ3n) is 4.81. The molecular formula is C15H28N2O. The molecule has 1 unspecified atom stereocenters. The molecule has 3 nitrogen and oxygen atoms in total. The minimum Gasteiger partial charge on any atom is -0.354 e. The van der Waals surface area contributed by atoms with Gasteiger partial charge in [-0.05, 0) is 43.6 Å². The second-order valence-electron chi connectivity index (χ2n) is 6.69. The van der Waals surface area contributed by atoms with Gasteiger partial charge in [0.05, 0.1) is 6.04 Å². The summed E-state index contributed by atoms with van der Waals surface area (Å²) in [6, 6.07) is 0.0538. The summed E-state index contributed by atoms with van der Waals surface area (Å²) in [6.45, 7) is 6.42. The minimum absolute atomic E-state index is 0.0538. The molecule has 1 saturated carbocycles. The molecule has 0 spiro atoms. The van der Waals surface area contributed by atoms with Crippen molar-refractivity contribution in [3.63, 3.8) is 0 Å². The van der Waals surface area contributed by atoms with E-state index < -0.39 is 0 Å². The van der Waals surface area contributed by atoms with Crippen molar-refractivity contribution in [1.82, 2.24) is 10.6 Å². The molecule has 0 bridgehead atoms. The molecule has 2 fully saturated rings. The first-order chi connectivity index (χ1) is 8.59. The van der Waals surface area contributed by atoms with Gasteiger partial charge in [0.2, 0.25) is 5.91 Å². The van der Waals surface area contributed by atoms with E-state index in [-0.39, 0.29) is 17.4 Å². The Morgan fingerprint density at radius 3 is 2.44 bits per heavy atom. The molecule has 1 amide bonds. The van der Waals surface area contributed by atoms with Crippen LogP contribution in [0, 0.1) is 11.3 Å². The quantitative estimate of drug-likeness (QED) is 0.807. The molecule has 2 N–H and O–H groups in total. The molecule has 1 heterocycles. The summed E-state index contributed by atoms with van der Waals surface area (Å²) in [5.41, 5.74) is 0.251. The largest absolute Gasteiger partial charge is 0.354 e. The van der Waals surface area contributed by atoms with Crippen LogP contribution in [0.1, 0.15) is 58.8 Å². The molecule has 1 saturated heterocycles. The van der Waals surface area contributed by atoms with Crippen molar-refractivity contribution in [3.8, 4) is 0 Å². The Morgan fingerprint density at radius 1 is 1.17 bits per heavy atom. The van der Waals surface area contributed by atoms with Gasteiger partial charge in [-0.3, -0.25) is 4.79 Å². The van der Waals surface area contributed by atoms with E-state index in [4.69, 9.17) is 0 Å². The van der Waals surface area contributed by atoms with Crippen LogP contribution in [0.15, 0.2) is 0 Å². The zero-order chi connectivity index (χ0) is 13.0. The fourth-order valence-corrected chi connectivity index (χ4v) is 3.37. The predicted molar refractivity (Wildman–Crippen MR) is 74.4 cm³/mol. The van der Waals surface area contributed by atoms with Gasteiger partial charge in [-0.2, -0.15) is 0 Å². The Balaban J connectivity index is 1.77. The second kappa shape index (κ2) is 6.05. The second-order valence-corrected chi connectivity index (χ2v) is 6.69. The molecule has 2 aliphatic rings. The van der Waals surface area contributed by atoms with Gasteiger partial charge in [0.25, 0.3) is 0 Å². The van der Waals surface area contributed by atoms with E-state index >= 15 is 0 Å². The average Bonchev–Trinajstić information content (AvgIpc) is 2.92. The molecule has 2 rings (SSSR count).